The number of amides is 2. The Morgan fingerprint density at radius 2 is 2.09 bits per heavy atom. The number of benzene rings is 1. The van der Waals surface area contributed by atoms with Crippen molar-refractivity contribution in [1.29, 1.82) is 0 Å². The van der Waals surface area contributed by atoms with Crippen molar-refractivity contribution in [2.45, 2.75) is 50.8 Å². The molecule has 1 fully saturated rings. The smallest absolute Gasteiger partial charge is 0.253 e. The van der Waals surface area contributed by atoms with Crippen LogP contribution >= 0.6 is 11.8 Å². The van der Waals surface area contributed by atoms with Crippen molar-refractivity contribution in [2.24, 2.45) is 0 Å². The van der Waals surface area contributed by atoms with E-state index in [1.54, 1.807) is 6.07 Å². The van der Waals surface area contributed by atoms with Gasteiger partial charge in [-0.1, -0.05) is 19.9 Å². The molecule has 2 atom stereocenters. The fourth-order valence-electron chi connectivity index (χ4n) is 3.01. The summed E-state index contributed by atoms with van der Waals surface area (Å²) in [5, 5.41) is 3.48. The van der Waals surface area contributed by atoms with Gasteiger partial charge < -0.3 is 10.2 Å². The van der Waals surface area contributed by atoms with Crippen LogP contribution in [-0.4, -0.2) is 40.8 Å². The van der Waals surface area contributed by atoms with Gasteiger partial charge in [0.2, 0.25) is 5.91 Å². The van der Waals surface area contributed by atoms with Crippen LogP contribution in [0.15, 0.2) is 24.3 Å². The number of nitrogens with zero attached hydrogens (tertiary/aromatic N) is 1. The third kappa shape index (κ3) is 4.74. The molecule has 0 heterocycles. The maximum absolute atomic E-state index is 12.7. The largest absolute Gasteiger partial charge is 0.339 e. The molecule has 5 heteroatoms. The number of hydrogen-bond donors (Lipinski definition) is 1. The molecule has 4 nitrogen and oxygen atoms in total. The van der Waals surface area contributed by atoms with Crippen molar-refractivity contribution >= 4 is 29.3 Å². The second-order valence-corrected chi connectivity index (χ2v) is 7.52. The van der Waals surface area contributed by atoms with Crippen LogP contribution in [0.5, 0.6) is 0 Å². The molecule has 23 heavy (non-hydrogen) atoms. The fraction of sp³-hybridized carbons (Fsp3) is 0.556. The third-order valence-electron chi connectivity index (χ3n) is 4.34. The zero-order valence-corrected chi connectivity index (χ0v) is 15.0. The molecule has 0 aliphatic heterocycles. The third-order valence-corrected chi connectivity index (χ3v) is 5.57. The van der Waals surface area contributed by atoms with E-state index in [4.69, 9.17) is 0 Å². The average Bonchev–Trinajstić information content (AvgIpc) is 3.02. The van der Waals surface area contributed by atoms with Gasteiger partial charge in [-0.05, 0) is 43.2 Å². The van der Waals surface area contributed by atoms with E-state index in [0.717, 1.165) is 18.6 Å². The molecular formula is C18H26N2O2S. The standard InChI is InChI=1S/C18H26N2O2S/c1-4-17(21)19-14-8-6-7-13(11-14)18(22)20(3)15-9-10-16(12-15)23-5-2/h6-8,11,15-16H,4-5,9-10,12H2,1-3H3,(H,19,21). The van der Waals surface area contributed by atoms with Crippen molar-refractivity contribution in [2.75, 3.05) is 18.1 Å². The van der Waals surface area contributed by atoms with Crippen LogP contribution in [0.1, 0.15) is 49.9 Å². The lowest BCUT2D eigenvalue weighted by Crippen LogP contribution is -2.35. The van der Waals surface area contributed by atoms with Crippen LogP contribution in [0.4, 0.5) is 5.69 Å². The number of anilines is 1. The highest BCUT2D eigenvalue weighted by Crippen LogP contribution is 2.32. The van der Waals surface area contributed by atoms with Gasteiger partial charge in [0.15, 0.2) is 0 Å². The summed E-state index contributed by atoms with van der Waals surface area (Å²) in [6.07, 6.45) is 3.77. The van der Waals surface area contributed by atoms with E-state index < -0.39 is 0 Å². The Labute approximate surface area is 143 Å². The molecule has 2 unspecified atom stereocenters. The van der Waals surface area contributed by atoms with Crippen molar-refractivity contribution in [3.63, 3.8) is 0 Å². The van der Waals surface area contributed by atoms with Gasteiger partial charge in [0, 0.05) is 36.0 Å². The van der Waals surface area contributed by atoms with Crippen molar-refractivity contribution < 1.29 is 9.59 Å². The number of rotatable bonds is 6. The van der Waals surface area contributed by atoms with Crippen molar-refractivity contribution in [3.05, 3.63) is 29.8 Å². The maximum atomic E-state index is 12.7. The number of carbonyl (C=O) groups is 2. The van der Waals surface area contributed by atoms with Gasteiger partial charge in [0.05, 0.1) is 0 Å². The summed E-state index contributed by atoms with van der Waals surface area (Å²) in [6, 6.07) is 7.53. The predicted octanol–water partition coefficient (Wildman–Crippen LogP) is 3.78. The number of hydrogen-bond acceptors (Lipinski definition) is 3. The predicted molar refractivity (Wildman–Crippen MR) is 97.0 cm³/mol. The highest BCUT2D eigenvalue weighted by molar-refractivity contribution is 7.99. The summed E-state index contributed by atoms with van der Waals surface area (Å²) >= 11 is 1.99. The molecular weight excluding hydrogens is 308 g/mol. The van der Waals surface area contributed by atoms with Gasteiger partial charge in [-0.15, -0.1) is 0 Å². The molecule has 0 bridgehead atoms. The lowest BCUT2D eigenvalue weighted by atomic mass is 10.1. The Balaban J connectivity index is 2.02. The van der Waals surface area contributed by atoms with E-state index in [-0.39, 0.29) is 11.8 Å². The summed E-state index contributed by atoms with van der Waals surface area (Å²) in [5.74, 6) is 1.12. The Kier molecular flexibility index (Phi) is 6.51. The molecule has 1 N–H and O–H groups in total. The second kappa shape index (κ2) is 8.39. The first-order valence-electron chi connectivity index (χ1n) is 8.33. The Morgan fingerprint density at radius 3 is 2.78 bits per heavy atom. The number of nitrogens with one attached hydrogen (secondary N) is 1. The first kappa shape index (κ1) is 17.9. The topological polar surface area (TPSA) is 49.4 Å². The molecule has 0 aromatic heterocycles. The van der Waals surface area contributed by atoms with Crippen LogP contribution in [0.2, 0.25) is 0 Å². The van der Waals surface area contributed by atoms with Gasteiger partial charge in [-0.2, -0.15) is 11.8 Å². The molecule has 1 saturated carbocycles. The molecule has 1 aromatic carbocycles. The minimum atomic E-state index is -0.0434. The van der Waals surface area contributed by atoms with Gasteiger partial charge in [-0.25, -0.2) is 0 Å². The molecule has 0 radical (unpaired) electrons. The summed E-state index contributed by atoms with van der Waals surface area (Å²) in [6.45, 7) is 3.99. The van der Waals surface area contributed by atoms with Crippen LogP contribution in [0, 0.1) is 0 Å². The lowest BCUT2D eigenvalue weighted by molar-refractivity contribution is -0.115. The molecule has 1 aliphatic rings. The molecule has 2 amide bonds. The van der Waals surface area contributed by atoms with Crippen molar-refractivity contribution in [1.82, 2.24) is 4.90 Å². The SMILES string of the molecule is CCSC1CCC(N(C)C(=O)c2cccc(NC(=O)CC)c2)C1. The minimum absolute atomic E-state index is 0.0322. The van der Waals surface area contributed by atoms with E-state index in [0.29, 0.717) is 29.0 Å². The zero-order valence-electron chi connectivity index (χ0n) is 14.2. The second-order valence-electron chi connectivity index (χ2n) is 5.94. The summed E-state index contributed by atoms with van der Waals surface area (Å²) in [5.41, 5.74) is 1.31. The quantitative estimate of drug-likeness (QED) is 0.861. The lowest BCUT2D eigenvalue weighted by Gasteiger charge is -2.25. The van der Waals surface area contributed by atoms with E-state index >= 15 is 0 Å². The van der Waals surface area contributed by atoms with E-state index in [1.807, 2.05) is 48.8 Å². The molecule has 1 aliphatic carbocycles. The van der Waals surface area contributed by atoms with Crippen LogP contribution < -0.4 is 5.32 Å². The van der Waals surface area contributed by atoms with Crippen LogP contribution in [0.3, 0.4) is 0 Å². The Hall–Kier alpha value is -1.49. The Bertz CT molecular complexity index is 562. The van der Waals surface area contributed by atoms with Crippen LogP contribution in [0.25, 0.3) is 0 Å². The molecule has 1 aromatic rings. The average molecular weight is 334 g/mol. The summed E-state index contributed by atoms with van der Waals surface area (Å²) < 4.78 is 0. The van der Waals surface area contributed by atoms with Gasteiger partial charge in [0.1, 0.15) is 0 Å². The monoisotopic (exact) mass is 334 g/mol. The summed E-state index contributed by atoms with van der Waals surface area (Å²) in [7, 11) is 1.89. The molecule has 2 rings (SSSR count). The van der Waals surface area contributed by atoms with E-state index in [2.05, 4.69) is 12.2 Å². The zero-order chi connectivity index (χ0) is 16.8. The van der Waals surface area contributed by atoms with E-state index in [9.17, 15) is 9.59 Å². The normalized spacial score (nSPS) is 20.3. The number of thioether (sulfide) groups is 1. The minimum Gasteiger partial charge on any atom is -0.339 e. The first-order valence-corrected chi connectivity index (χ1v) is 9.38. The van der Waals surface area contributed by atoms with Crippen molar-refractivity contribution in [3.8, 4) is 0 Å². The van der Waals surface area contributed by atoms with Crippen LogP contribution in [-0.2, 0) is 4.79 Å². The highest BCUT2D eigenvalue weighted by Gasteiger charge is 2.30. The molecule has 0 spiro atoms. The molecule has 126 valence electrons. The number of carbonyl (C=O) groups excluding carboxylic acids is 2. The van der Waals surface area contributed by atoms with Gasteiger partial charge in [-0.3, -0.25) is 9.59 Å². The first-order chi connectivity index (χ1) is 11.0. The van der Waals surface area contributed by atoms with Gasteiger partial charge in [0.25, 0.3) is 5.91 Å². The fourth-order valence-corrected chi connectivity index (χ4v) is 4.14. The molecule has 0 saturated heterocycles. The maximum Gasteiger partial charge on any atom is 0.253 e. The Morgan fingerprint density at radius 1 is 1.30 bits per heavy atom. The highest BCUT2D eigenvalue weighted by atomic mass is 32.2. The van der Waals surface area contributed by atoms with E-state index in [1.165, 1.54) is 6.42 Å². The van der Waals surface area contributed by atoms with Gasteiger partial charge >= 0.3 is 0 Å². The summed E-state index contributed by atoms with van der Waals surface area (Å²) in [4.78, 5) is 26.1.